The van der Waals surface area contributed by atoms with Crippen LogP contribution in [0, 0.1) is 11.8 Å². The van der Waals surface area contributed by atoms with Crippen molar-refractivity contribution in [3.05, 3.63) is 0 Å². The van der Waals surface area contributed by atoms with Gasteiger partial charge >= 0.3 is 5.97 Å². The summed E-state index contributed by atoms with van der Waals surface area (Å²) in [5, 5.41) is 5.59. The van der Waals surface area contributed by atoms with Gasteiger partial charge in [-0.2, -0.15) is 0 Å². The Labute approximate surface area is 125 Å². The van der Waals surface area contributed by atoms with Gasteiger partial charge in [0.15, 0.2) is 0 Å². The van der Waals surface area contributed by atoms with Crippen molar-refractivity contribution in [1.82, 2.24) is 10.6 Å². The topological polar surface area (TPSA) is 84.5 Å². The molecule has 21 heavy (non-hydrogen) atoms. The molecule has 0 aromatic rings. The summed E-state index contributed by atoms with van der Waals surface area (Å²) >= 11 is 0. The molecule has 0 aromatic carbocycles. The van der Waals surface area contributed by atoms with Crippen LogP contribution >= 0.6 is 0 Å². The molecule has 1 unspecified atom stereocenters. The van der Waals surface area contributed by atoms with Crippen molar-refractivity contribution in [3.63, 3.8) is 0 Å². The number of ether oxygens (including phenoxy) is 1. The number of carbonyl (C=O) groups is 3. The van der Waals surface area contributed by atoms with E-state index >= 15 is 0 Å². The molecule has 0 aromatic heterocycles. The number of carbonyl (C=O) groups excluding carboxylic acids is 3. The van der Waals surface area contributed by atoms with Crippen LogP contribution in [0.4, 0.5) is 0 Å². The van der Waals surface area contributed by atoms with Gasteiger partial charge in [0.05, 0.1) is 13.0 Å². The number of amides is 2. The summed E-state index contributed by atoms with van der Waals surface area (Å²) in [6.07, 6.45) is 6.10. The Balaban J connectivity index is 1.88. The molecule has 1 saturated carbocycles. The van der Waals surface area contributed by atoms with E-state index in [0.29, 0.717) is 12.5 Å². The number of nitrogens with one attached hydrogen (secondary N) is 2. The van der Waals surface area contributed by atoms with Gasteiger partial charge in [0.1, 0.15) is 6.04 Å². The first kappa shape index (κ1) is 15.8. The van der Waals surface area contributed by atoms with E-state index < -0.39 is 6.04 Å². The number of hydrogen-bond acceptors (Lipinski definition) is 4. The van der Waals surface area contributed by atoms with Crippen molar-refractivity contribution in [2.75, 3.05) is 13.7 Å². The van der Waals surface area contributed by atoms with Crippen LogP contribution in [-0.4, -0.2) is 37.5 Å². The molecule has 1 heterocycles. The predicted octanol–water partition coefficient (Wildman–Crippen LogP) is 0.751. The molecule has 0 bridgehead atoms. The van der Waals surface area contributed by atoms with Crippen LogP contribution in [0.15, 0.2) is 0 Å². The fraction of sp³-hybridized carbons (Fsp3) is 0.800. The van der Waals surface area contributed by atoms with Gasteiger partial charge in [-0.25, -0.2) is 0 Å². The first-order valence-corrected chi connectivity index (χ1v) is 7.75. The SMILES string of the molecule is COC(=O)CC[C@H]1NC(=O)C(CC2CCCC2)CNC1=O. The molecule has 2 amide bonds. The van der Waals surface area contributed by atoms with Crippen molar-refractivity contribution in [2.24, 2.45) is 11.8 Å². The van der Waals surface area contributed by atoms with E-state index in [0.717, 1.165) is 6.42 Å². The van der Waals surface area contributed by atoms with E-state index in [9.17, 15) is 14.4 Å². The fourth-order valence-corrected chi connectivity index (χ4v) is 3.20. The van der Waals surface area contributed by atoms with E-state index in [2.05, 4.69) is 15.4 Å². The molecule has 2 N–H and O–H groups in total. The first-order chi connectivity index (χ1) is 10.1. The zero-order chi connectivity index (χ0) is 15.2. The normalized spacial score (nSPS) is 26.9. The van der Waals surface area contributed by atoms with Crippen molar-refractivity contribution in [1.29, 1.82) is 0 Å². The van der Waals surface area contributed by atoms with Crippen LogP contribution in [0.5, 0.6) is 0 Å². The number of esters is 1. The zero-order valence-electron chi connectivity index (χ0n) is 12.5. The Morgan fingerprint density at radius 2 is 1.95 bits per heavy atom. The number of hydrogen-bond donors (Lipinski definition) is 2. The van der Waals surface area contributed by atoms with Crippen molar-refractivity contribution in [3.8, 4) is 0 Å². The highest BCUT2D eigenvalue weighted by molar-refractivity contribution is 5.91. The second-order valence-corrected chi connectivity index (χ2v) is 6.00. The predicted molar refractivity (Wildman–Crippen MR) is 76.3 cm³/mol. The monoisotopic (exact) mass is 296 g/mol. The summed E-state index contributed by atoms with van der Waals surface area (Å²) in [7, 11) is 1.31. The third-order valence-electron chi connectivity index (χ3n) is 4.48. The molecule has 1 saturated heterocycles. The quantitative estimate of drug-likeness (QED) is 0.733. The highest BCUT2D eigenvalue weighted by atomic mass is 16.5. The maximum atomic E-state index is 12.3. The van der Waals surface area contributed by atoms with Gasteiger partial charge in [0.2, 0.25) is 11.8 Å². The minimum Gasteiger partial charge on any atom is -0.469 e. The summed E-state index contributed by atoms with van der Waals surface area (Å²) in [5.41, 5.74) is 0. The van der Waals surface area contributed by atoms with Gasteiger partial charge < -0.3 is 15.4 Å². The highest BCUT2D eigenvalue weighted by Crippen LogP contribution is 2.30. The smallest absolute Gasteiger partial charge is 0.305 e. The van der Waals surface area contributed by atoms with Crippen LogP contribution in [-0.2, 0) is 19.1 Å². The van der Waals surface area contributed by atoms with Gasteiger partial charge in [-0.1, -0.05) is 25.7 Å². The molecule has 2 rings (SSSR count). The average Bonchev–Trinajstić information content (AvgIpc) is 2.95. The molecular weight excluding hydrogens is 272 g/mol. The highest BCUT2D eigenvalue weighted by Gasteiger charge is 2.32. The number of methoxy groups -OCH3 is 1. The second kappa shape index (κ2) is 7.43. The minimum absolute atomic E-state index is 0.0740. The van der Waals surface area contributed by atoms with E-state index in [1.807, 2.05) is 0 Å². The molecule has 6 nitrogen and oxygen atoms in total. The van der Waals surface area contributed by atoms with Crippen LogP contribution < -0.4 is 10.6 Å². The van der Waals surface area contributed by atoms with E-state index in [1.165, 1.54) is 32.8 Å². The molecule has 2 aliphatic rings. The van der Waals surface area contributed by atoms with Crippen LogP contribution in [0.2, 0.25) is 0 Å². The molecule has 6 heteroatoms. The van der Waals surface area contributed by atoms with Gasteiger partial charge in [-0.3, -0.25) is 14.4 Å². The third kappa shape index (κ3) is 4.44. The van der Waals surface area contributed by atoms with Crippen molar-refractivity contribution in [2.45, 2.75) is 51.0 Å². The summed E-state index contributed by atoms with van der Waals surface area (Å²) < 4.78 is 4.56. The fourth-order valence-electron chi connectivity index (χ4n) is 3.20. The van der Waals surface area contributed by atoms with Crippen LogP contribution in [0.1, 0.15) is 44.9 Å². The second-order valence-electron chi connectivity index (χ2n) is 6.00. The van der Waals surface area contributed by atoms with Gasteiger partial charge in [-0.05, 0) is 18.8 Å². The summed E-state index contributed by atoms with van der Waals surface area (Å²) in [6.45, 7) is 0.399. The molecule has 2 atom stereocenters. The Kier molecular flexibility index (Phi) is 5.59. The lowest BCUT2D eigenvalue weighted by Crippen LogP contribution is -2.43. The molecule has 1 aliphatic carbocycles. The van der Waals surface area contributed by atoms with Gasteiger partial charge in [0, 0.05) is 13.0 Å². The molecule has 118 valence electrons. The Bertz CT molecular complexity index is 404. The maximum absolute atomic E-state index is 12.3. The minimum atomic E-state index is -0.634. The average molecular weight is 296 g/mol. The van der Waals surface area contributed by atoms with E-state index in [4.69, 9.17) is 0 Å². The standard InChI is InChI=1S/C15H24N2O4/c1-21-13(18)7-6-12-15(20)16-9-11(14(19)17-12)8-10-4-2-3-5-10/h10-12H,2-9H2,1H3,(H,16,20)(H,17,19)/t11?,12-/m1/s1. The van der Waals surface area contributed by atoms with Crippen LogP contribution in [0.3, 0.4) is 0 Å². The lowest BCUT2D eigenvalue weighted by molar-refractivity contribution is -0.141. The zero-order valence-corrected chi connectivity index (χ0v) is 12.5. The Morgan fingerprint density at radius 3 is 2.62 bits per heavy atom. The van der Waals surface area contributed by atoms with Crippen molar-refractivity contribution >= 4 is 17.8 Å². The van der Waals surface area contributed by atoms with Gasteiger partial charge in [-0.15, -0.1) is 0 Å². The Morgan fingerprint density at radius 1 is 1.24 bits per heavy atom. The molecule has 0 radical (unpaired) electrons. The molecular formula is C15H24N2O4. The van der Waals surface area contributed by atoms with E-state index in [1.54, 1.807) is 0 Å². The summed E-state index contributed by atoms with van der Waals surface area (Å²) in [5.74, 6) is -0.204. The van der Waals surface area contributed by atoms with Crippen molar-refractivity contribution < 1.29 is 19.1 Å². The molecule has 0 spiro atoms. The first-order valence-electron chi connectivity index (χ1n) is 7.75. The lowest BCUT2D eigenvalue weighted by atomic mass is 9.92. The van der Waals surface area contributed by atoms with E-state index in [-0.39, 0.29) is 36.5 Å². The maximum Gasteiger partial charge on any atom is 0.305 e. The molecule has 1 aliphatic heterocycles. The summed E-state index contributed by atoms with van der Waals surface area (Å²) in [6, 6.07) is -0.634. The largest absolute Gasteiger partial charge is 0.469 e. The number of rotatable bonds is 5. The Hall–Kier alpha value is -1.59. The summed E-state index contributed by atoms with van der Waals surface area (Å²) in [4.78, 5) is 35.4. The van der Waals surface area contributed by atoms with Crippen LogP contribution in [0.25, 0.3) is 0 Å². The third-order valence-corrected chi connectivity index (χ3v) is 4.48. The van der Waals surface area contributed by atoms with Gasteiger partial charge in [0.25, 0.3) is 0 Å². The lowest BCUT2D eigenvalue weighted by Gasteiger charge is -2.17. The molecule has 2 fully saturated rings.